The van der Waals surface area contributed by atoms with Crippen molar-refractivity contribution >= 4 is 23.0 Å². The van der Waals surface area contributed by atoms with Crippen LogP contribution in [0.4, 0.5) is 4.39 Å². The molecule has 0 atom stereocenters. The number of rotatable bonds is 5. The second-order valence-corrected chi connectivity index (χ2v) is 6.17. The average molecular weight is 372 g/mol. The van der Waals surface area contributed by atoms with Crippen molar-refractivity contribution in [2.24, 2.45) is 0 Å². The molecule has 0 amide bonds. The van der Waals surface area contributed by atoms with Crippen molar-refractivity contribution in [3.63, 3.8) is 0 Å². The van der Waals surface area contributed by atoms with E-state index in [0.717, 1.165) is 0 Å². The fraction of sp³-hybridized carbons (Fsp3) is 0.111. The van der Waals surface area contributed by atoms with Gasteiger partial charge in [0.1, 0.15) is 5.82 Å². The number of halogens is 2. The third-order valence-electron chi connectivity index (χ3n) is 3.52. The lowest BCUT2D eigenvalue weighted by Gasteiger charge is -2.12. The summed E-state index contributed by atoms with van der Waals surface area (Å²) in [6.45, 7) is 0. The molecule has 3 aromatic rings. The summed E-state index contributed by atoms with van der Waals surface area (Å²) in [5.41, 5.74) is 1.28. The predicted octanol–water partition coefficient (Wildman–Crippen LogP) is 3.24. The molecule has 6 nitrogen and oxygen atoms in total. The zero-order valence-corrected chi connectivity index (χ0v) is 14.9. The Hall–Kier alpha value is -3.06. The van der Waals surface area contributed by atoms with Crippen LogP contribution in [0.2, 0.25) is 5.02 Å². The monoisotopic (exact) mass is 371 g/mol. The SMILES string of the molecule is CN(C)/C=C(/C(=O)c1ccc(F)cc1)c1nnnn1-c1ccc(Cl)cc1. The van der Waals surface area contributed by atoms with E-state index in [1.165, 1.54) is 28.9 Å². The number of benzene rings is 2. The minimum atomic E-state index is -0.411. The van der Waals surface area contributed by atoms with Gasteiger partial charge in [-0.15, -0.1) is 5.10 Å². The summed E-state index contributed by atoms with van der Waals surface area (Å²) in [5.74, 6) is -0.454. The summed E-state index contributed by atoms with van der Waals surface area (Å²) in [6, 6.07) is 12.2. The van der Waals surface area contributed by atoms with E-state index in [-0.39, 0.29) is 17.2 Å². The molecule has 0 radical (unpaired) electrons. The van der Waals surface area contributed by atoms with Crippen LogP contribution in [0.5, 0.6) is 0 Å². The number of hydrogen-bond donors (Lipinski definition) is 0. The van der Waals surface area contributed by atoms with Crippen molar-refractivity contribution in [2.45, 2.75) is 0 Å². The van der Waals surface area contributed by atoms with E-state index in [1.54, 1.807) is 49.5 Å². The van der Waals surface area contributed by atoms with Gasteiger partial charge in [-0.05, 0) is 59.0 Å². The summed E-state index contributed by atoms with van der Waals surface area (Å²) in [7, 11) is 3.57. The van der Waals surface area contributed by atoms with Gasteiger partial charge in [0.2, 0.25) is 0 Å². The van der Waals surface area contributed by atoms with Gasteiger partial charge in [0.05, 0.1) is 11.3 Å². The molecule has 1 heterocycles. The van der Waals surface area contributed by atoms with Crippen molar-refractivity contribution in [1.82, 2.24) is 25.1 Å². The molecule has 0 saturated carbocycles. The van der Waals surface area contributed by atoms with Gasteiger partial charge >= 0.3 is 0 Å². The number of hydrogen-bond acceptors (Lipinski definition) is 5. The van der Waals surface area contributed by atoms with Crippen LogP contribution in [-0.2, 0) is 0 Å². The minimum Gasteiger partial charge on any atom is -0.383 e. The van der Waals surface area contributed by atoms with Crippen LogP contribution >= 0.6 is 11.6 Å². The Morgan fingerprint density at radius 3 is 2.38 bits per heavy atom. The normalized spacial score (nSPS) is 11.5. The first-order valence-electron chi connectivity index (χ1n) is 7.69. The summed E-state index contributed by atoms with van der Waals surface area (Å²) >= 11 is 5.92. The van der Waals surface area contributed by atoms with Crippen molar-refractivity contribution in [1.29, 1.82) is 0 Å². The number of nitrogens with zero attached hydrogens (tertiary/aromatic N) is 5. The first-order chi connectivity index (χ1) is 12.5. The summed E-state index contributed by atoms with van der Waals surface area (Å²) < 4.78 is 14.6. The van der Waals surface area contributed by atoms with Crippen molar-refractivity contribution in [2.75, 3.05) is 14.1 Å². The molecule has 0 aliphatic heterocycles. The van der Waals surface area contributed by atoms with Gasteiger partial charge in [-0.25, -0.2) is 4.39 Å². The Labute approximate surface area is 154 Å². The van der Waals surface area contributed by atoms with Gasteiger partial charge in [-0.1, -0.05) is 11.6 Å². The van der Waals surface area contributed by atoms with Crippen molar-refractivity contribution < 1.29 is 9.18 Å². The van der Waals surface area contributed by atoms with Crippen LogP contribution in [0.15, 0.2) is 54.7 Å². The number of ketones is 1. The lowest BCUT2D eigenvalue weighted by atomic mass is 10.0. The molecule has 0 fully saturated rings. The van der Waals surface area contributed by atoms with Gasteiger partial charge in [-0.2, -0.15) is 4.68 Å². The fourth-order valence-electron chi connectivity index (χ4n) is 2.34. The minimum absolute atomic E-state index is 0.273. The average Bonchev–Trinajstić information content (AvgIpc) is 3.09. The first-order valence-corrected chi connectivity index (χ1v) is 8.06. The maximum atomic E-state index is 13.2. The van der Waals surface area contributed by atoms with E-state index >= 15 is 0 Å². The highest BCUT2D eigenvalue weighted by Crippen LogP contribution is 2.22. The highest BCUT2D eigenvalue weighted by atomic mass is 35.5. The molecular weight excluding hydrogens is 357 g/mol. The van der Waals surface area contributed by atoms with E-state index in [4.69, 9.17) is 11.6 Å². The molecule has 3 rings (SSSR count). The molecule has 0 aliphatic rings. The van der Waals surface area contributed by atoms with Gasteiger partial charge in [0.25, 0.3) is 0 Å². The van der Waals surface area contributed by atoms with E-state index in [2.05, 4.69) is 15.5 Å². The zero-order valence-electron chi connectivity index (χ0n) is 14.1. The van der Waals surface area contributed by atoms with Gasteiger partial charge in [0.15, 0.2) is 11.6 Å². The molecule has 0 unspecified atom stereocenters. The standard InChI is InChI=1S/C18H15ClFN5O/c1-24(2)11-16(17(26)12-3-7-14(20)8-4-12)18-21-22-23-25(18)15-9-5-13(19)6-10-15/h3-11H,1-2H3/b16-11-. The Kier molecular flexibility index (Phi) is 5.09. The van der Waals surface area contributed by atoms with Crippen molar-refractivity contribution in [3.05, 3.63) is 77.0 Å². The predicted molar refractivity (Wildman–Crippen MR) is 96.6 cm³/mol. The quantitative estimate of drug-likeness (QED) is 0.509. The van der Waals surface area contributed by atoms with Crippen LogP contribution in [0, 0.1) is 5.82 Å². The van der Waals surface area contributed by atoms with Crippen LogP contribution in [0.1, 0.15) is 16.2 Å². The maximum absolute atomic E-state index is 13.2. The smallest absolute Gasteiger partial charge is 0.198 e. The van der Waals surface area contributed by atoms with Crippen LogP contribution < -0.4 is 0 Å². The second kappa shape index (κ2) is 7.45. The Morgan fingerprint density at radius 2 is 1.77 bits per heavy atom. The lowest BCUT2D eigenvalue weighted by Crippen LogP contribution is -2.13. The summed E-state index contributed by atoms with van der Waals surface area (Å²) in [6.07, 6.45) is 1.63. The number of allylic oxidation sites excluding steroid dienone is 1. The maximum Gasteiger partial charge on any atom is 0.198 e. The number of carbonyl (C=O) groups is 1. The van der Waals surface area contributed by atoms with E-state index in [0.29, 0.717) is 16.3 Å². The number of carbonyl (C=O) groups excluding carboxylic acids is 1. The van der Waals surface area contributed by atoms with Gasteiger partial charge in [-0.3, -0.25) is 4.79 Å². The third-order valence-corrected chi connectivity index (χ3v) is 3.77. The second-order valence-electron chi connectivity index (χ2n) is 5.73. The first kappa shape index (κ1) is 17.8. The molecule has 0 N–H and O–H groups in total. The van der Waals surface area contributed by atoms with E-state index in [1.807, 2.05) is 0 Å². The van der Waals surface area contributed by atoms with Gasteiger partial charge < -0.3 is 4.90 Å². The molecule has 2 aromatic carbocycles. The van der Waals surface area contributed by atoms with Crippen molar-refractivity contribution in [3.8, 4) is 5.69 Å². The molecule has 8 heteroatoms. The van der Waals surface area contributed by atoms with Crippen LogP contribution in [-0.4, -0.2) is 45.0 Å². The molecule has 1 aromatic heterocycles. The van der Waals surface area contributed by atoms with Crippen LogP contribution in [0.3, 0.4) is 0 Å². The molecule has 0 spiro atoms. The Morgan fingerprint density at radius 1 is 1.12 bits per heavy atom. The number of aromatic nitrogens is 4. The molecule has 0 aliphatic carbocycles. The molecule has 0 saturated heterocycles. The van der Waals surface area contributed by atoms with E-state index < -0.39 is 5.82 Å². The highest BCUT2D eigenvalue weighted by Gasteiger charge is 2.22. The zero-order chi connectivity index (χ0) is 18.7. The van der Waals surface area contributed by atoms with Gasteiger partial charge in [0, 0.05) is 30.9 Å². The highest BCUT2D eigenvalue weighted by molar-refractivity contribution is 6.30. The molecular formula is C18H15ClFN5O. The molecule has 0 bridgehead atoms. The van der Waals surface area contributed by atoms with Crippen LogP contribution in [0.25, 0.3) is 11.3 Å². The Bertz CT molecular complexity index is 948. The lowest BCUT2D eigenvalue weighted by molar-refractivity contribution is 0.105. The number of Topliss-reactive ketones (excluding diaryl/α,β-unsaturated/α-hetero) is 1. The van der Waals surface area contributed by atoms with E-state index in [9.17, 15) is 9.18 Å². The fourth-order valence-corrected chi connectivity index (χ4v) is 2.47. The topological polar surface area (TPSA) is 63.9 Å². The largest absolute Gasteiger partial charge is 0.383 e. The Balaban J connectivity index is 2.08. The number of tetrazole rings is 1. The summed E-state index contributed by atoms with van der Waals surface area (Å²) in [4.78, 5) is 14.7. The molecule has 26 heavy (non-hydrogen) atoms. The third kappa shape index (κ3) is 3.78. The summed E-state index contributed by atoms with van der Waals surface area (Å²) in [5, 5.41) is 12.3. The molecule has 132 valence electrons.